The van der Waals surface area contributed by atoms with Gasteiger partial charge in [0.05, 0.1) is 24.2 Å². The summed E-state index contributed by atoms with van der Waals surface area (Å²) in [6.45, 7) is 7.03. The third kappa shape index (κ3) is 6.48. The minimum atomic E-state index is -0.387. The maximum absolute atomic E-state index is 11.9. The van der Waals surface area contributed by atoms with Crippen molar-refractivity contribution in [1.82, 2.24) is 0 Å². The van der Waals surface area contributed by atoms with E-state index in [4.69, 9.17) is 9.47 Å². The maximum atomic E-state index is 11.9. The summed E-state index contributed by atoms with van der Waals surface area (Å²) in [7, 11) is 0. The first-order valence-corrected chi connectivity index (χ1v) is 12.1. The molecule has 0 heterocycles. The Kier molecular flexibility index (Phi) is 8.72. The lowest BCUT2D eigenvalue weighted by Crippen LogP contribution is -2.26. The van der Waals surface area contributed by atoms with Gasteiger partial charge in [-0.2, -0.15) is 5.26 Å². The average molecular weight is 446 g/mol. The van der Waals surface area contributed by atoms with Crippen molar-refractivity contribution >= 4 is 17.1 Å². The first kappa shape index (κ1) is 24.6. The van der Waals surface area contributed by atoms with Gasteiger partial charge < -0.3 is 9.47 Å². The van der Waals surface area contributed by atoms with Crippen LogP contribution < -0.4 is 4.74 Å². The number of carbonyl (C=O) groups excluding carboxylic acids is 1. The van der Waals surface area contributed by atoms with Crippen LogP contribution in [0.2, 0.25) is 0 Å². The number of allylic oxidation sites excluding steroid dienone is 2. The molecule has 0 spiro atoms. The number of carbonyl (C=O) groups is 1. The van der Waals surface area contributed by atoms with Crippen LogP contribution >= 0.6 is 0 Å². The van der Waals surface area contributed by atoms with Gasteiger partial charge in [0.25, 0.3) is 0 Å². The fraction of sp³-hybridized carbons (Fsp3) is 0.448. The molecule has 0 radical (unpaired) electrons. The number of esters is 1. The van der Waals surface area contributed by atoms with Crippen LogP contribution in [0.1, 0.15) is 76.0 Å². The van der Waals surface area contributed by atoms with Gasteiger partial charge in [-0.15, -0.1) is 0 Å². The van der Waals surface area contributed by atoms with Gasteiger partial charge in [-0.05, 0) is 73.9 Å². The minimum absolute atomic E-state index is 0.0990. The molecule has 33 heavy (non-hydrogen) atoms. The first-order chi connectivity index (χ1) is 16.0. The molecule has 2 aromatic carbocycles. The van der Waals surface area contributed by atoms with Crippen LogP contribution in [0, 0.1) is 16.7 Å². The molecule has 2 aromatic rings. The SMILES string of the molecule is CCC(C)(C)C(=O)OCCCCCCCOc1ccc2c(c1)C(C#N)=C(c1ccccc1)C2. The Morgan fingerprint density at radius 3 is 2.39 bits per heavy atom. The average Bonchev–Trinajstić information content (AvgIpc) is 3.21. The van der Waals surface area contributed by atoms with E-state index in [1.807, 2.05) is 51.1 Å². The zero-order valence-corrected chi connectivity index (χ0v) is 20.2. The van der Waals surface area contributed by atoms with E-state index in [0.717, 1.165) is 73.0 Å². The second kappa shape index (κ2) is 11.7. The molecular formula is C29H35NO3. The summed E-state index contributed by atoms with van der Waals surface area (Å²) in [6, 6.07) is 18.6. The van der Waals surface area contributed by atoms with Crippen molar-refractivity contribution in [3.63, 3.8) is 0 Å². The van der Waals surface area contributed by atoms with Gasteiger partial charge in [0.2, 0.25) is 0 Å². The fourth-order valence-electron chi connectivity index (χ4n) is 3.92. The predicted octanol–water partition coefficient (Wildman–Crippen LogP) is 6.99. The molecule has 3 rings (SSSR count). The third-order valence-electron chi connectivity index (χ3n) is 6.48. The third-order valence-corrected chi connectivity index (χ3v) is 6.48. The number of rotatable bonds is 12. The molecule has 0 aromatic heterocycles. The van der Waals surface area contributed by atoms with Crippen molar-refractivity contribution in [2.45, 2.75) is 65.7 Å². The number of ether oxygens (including phenoxy) is 2. The lowest BCUT2D eigenvalue weighted by atomic mass is 9.91. The molecule has 1 aliphatic rings. The highest BCUT2D eigenvalue weighted by atomic mass is 16.5. The van der Waals surface area contributed by atoms with Crippen LogP contribution in [-0.4, -0.2) is 19.2 Å². The zero-order valence-electron chi connectivity index (χ0n) is 20.2. The van der Waals surface area contributed by atoms with Crippen LogP contribution in [0.15, 0.2) is 48.5 Å². The van der Waals surface area contributed by atoms with Gasteiger partial charge in [-0.1, -0.05) is 62.6 Å². The summed E-state index contributed by atoms with van der Waals surface area (Å²) in [5, 5.41) is 9.78. The Balaban J connectivity index is 1.39. The molecule has 0 saturated heterocycles. The van der Waals surface area contributed by atoms with Crippen molar-refractivity contribution in [2.75, 3.05) is 13.2 Å². The summed E-state index contributed by atoms with van der Waals surface area (Å²) >= 11 is 0. The molecule has 0 atom stereocenters. The second-order valence-corrected chi connectivity index (χ2v) is 9.32. The molecule has 4 heteroatoms. The molecule has 0 fully saturated rings. The highest BCUT2D eigenvalue weighted by Gasteiger charge is 2.26. The Labute approximate surface area is 198 Å². The Morgan fingerprint density at radius 2 is 1.70 bits per heavy atom. The monoisotopic (exact) mass is 445 g/mol. The van der Waals surface area contributed by atoms with Crippen molar-refractivity contribution < 1.29 is 14.3 Å². The number of benzene rings is 2. The highest BCUT2D eigenvalue weighted by molar-refractivity contribution is 6.02. The van der Waals surface area contributed by atoms with E-state index in [0.29, 0.717) is 13.2 Å². The van der Waals surface area contributed by atoms with E-state index in [9.17, 15) is 10.1 Å². The van der Waals surface area contributed by atoms with Gasteiger partial charge in [0, 0.05) is 0 Å². The predicted molar refractivity (Wildman–Crippen MR) is 133 cm³/mol. The smallest absolute Gasteiger partial charge is 0.311 e. The lowest BCUT2D eigenvalue weighted by molar-refractivity contribution is -0.154. The molecule has 1 aliphatic carbocycles. The first-order valence-electron chi connectivity index (χ1n) is 12.1. The highest BCUT2D eigenvalue weighted by Crippen LogP contribution is 2.39. The summed E-state index contributed by atoms with van der Waals surface area (Å²) in [5.74, 6) is 0.722. The van der Waals surface area contributed by atoms with Crippen LogP contribution in [0.25, 0.3) is 11.1 Å². The number of hydrogen-bond acceptors (Lipinski definition) is 4. The van der Waals surface area contributed by atoms with E-state index in [2.05, 4.69) is 24.3 Å². The number of unbranched alkanes of at least 4 members (excludes halogenated alkanes) is 4. The molecule has 4 nitrogen and oxygen atoms in total. The van der Waals surface area contributed by atoms with Crippen LogP contribution in [-0.2, 0) is 16.0 Å². The summed E-state index contributed by atoms with van der Waals surface area (Å²) in [6.07, 6.45) is 6.70. The van der Waals surface area contributed by atoms with E-state index in [1.54, 1.807) is 0 Å². The van der Waals surface area contributed by atoms with Gasteiger partial charge in [0.1, 0.15) is 11.8 Å². The number of nitriles is 1. The normalized spacial score (nSPS) is 12.9. The van der Waals surface area contributed by atoms with Crippen molar-refractivity contribution in [2.24, 2.45) is 5.41 Å². The number of nitrogens with zero attached hydrogens (tertiary/aromatic N) is 1. The van der Waals surface area contributed by atoms with Crippen molar-refractivity contribution in [3.8, 4) is 11.8 Å². The zero-order chi connectivity index (χ0) is 23.7. The minimum Gasteiger partial charge on any atom is -0.494 e. The molecule has 0 saturated carbocycles. The maximum Gasteiger partial charge on any atom is 0.311 e. The molecule has 0 unspecified atom stereocenters. The molecule has 174 valence electrons. The van der Waals surface area contributed by atoms with Crippen LogP contribution in [0.4, 0.5) is 0 Å². The van der Waals surface area contributed by atoms with Crippen LogP contribution in [0.5, 0.6) is 5.75 Å². The number of fused-ring (bicyclic) bond motifs is 1. The molecular weight excluding hydrogens is 410 g/mol. The summed E-state index contributed by atoms with van der Waals surface area (Å²) in [4.78, 5) is 11.9. The second-order valence-electron chi connectivity index (χ2n) is 9.32. The van der Waals surface area contributed by atoms with Gasteiger partial charge >= 0.3 is 5.97 Å². The topological polar surface area (TPSA) is 59.3 Å². The molecule has 0 aliphatic heterocycles. The fourth-order valence-corrected chi connectivity index (χ4v) is 3.92. The molecule has 0 N–H and O–H groups in total. The van der Waals surface area contributed by atoms with Gasteiger partial charge in [-0.3, -0.25) is 4.79 Å². The van der Waals surface area contributed by atoms with Crippen LogP contribution in [0.3, 0.4) is 0 Å². The van der Waals surface area contributed by atoms with Crippen molar-refractivity contribution in [1.29, 1.82) is 5.26 Å². The standard InChI is InChI=1S/C29H35NO3/c1-4-29(2,3)28(31)33-18-12-7-5-6-11-17-32-24-16-15-23-19-25(22-13-9-8-10-14-22)27(21-30)26(23)20-24/h8-10,13-16,20H,4-7,11-12,17-19H2,1-3H3. The molecule has 0 bridgehead atoms. The van der Waals surface area contributed by atoms with Crippen molar-refractivity contribution in [3.05, 3.63) is 65.2 Å². The Morgan fingerprint density at radius 1 is 1.00 bits per heavy atom. The number of hydrogen-bond donors (Lipinski definition) is 0. The Hall–Kier alpha value is -3.06. The van der Waals surface area contributed by atoms with E-state index in [1.165, 1.54) is 5.56 Å². The lowest BCUT2D eigenvalue weighted by Gasteiger charge is -2.20. The van der Waals surface area contributed by atoms with E-state index in [-0.39, 0.29) is 11.4 Å². The van der Waals surface area contributed by atoms with Gasteiger partial charge in [-0.25, -0.2) is 0 Å². The Bertz CT molecular complexity index is 1010. The van der Waals surface area contributed by atoms with E-state index >= 15 is 0 Å². The summed E-state index contributed by atoms with van der Waals surface area (Å²) in [5.41, 5.74) is 4.74. The quantitative estimate of drug-likeness (QED) is 0.261. The summed E-state index contributed by atoms with van der Waals surface area (Å²) < 4.78 is 11.4. The van der Waals surface area contributed by atoms with E-state index < -0.39 is 0 Å². The largest absolute Gasteiger partial charge is 0.494 e. The molecule has 0 amide bonds. The van der Waals surface area contributed by atoms with Gasteiger partial charge in [0.15, 0.2) is 0 Å².